The van der Waals surface area contributed by atoms with Gasteiger partial charge in [-0.1, -0.05) is 0 Å². The molecule has 1 aromatic heterocycles. The van der Waals surface area contributed by atoms with Crippen LogP contribution in [0.5, 0.6) is 0 Å². The van der Waals surface area contributed by atoms with Crippen molar-refractivity contribution in [2.45, 2.75) is 31.4 Å². The van der Waals surface area contributed by atoms with Gasteiger partial charge in [-0.2, -0.15) is 0 Å². The molecule has 0 radical (unpaired) electrons. The number of hydrogen-bond acceptors (Lipinski definition) is 5. The van der Waals surface area contributed by atoms with Crippen LogP contribution in [0.4, 0.5) is 0 Å². The maximum atomic E-state index is 11.5. The zero-order chi connectivity index (χ0) is 10.8. The van der Waals surface area contributed by atoms with E-state index in [2.05, 4.69) is 4.98 Å². The average molecular weight is 234 g/mol. The van der Waals surface area contributed by atoms with Gasteiger partial charge in [0.05, 0.1) is 5.25 Å². The molecular formula is C8H14N2O2S2. The number of nitrogens with zero attached hydrogens (tertiary/aromatic N) is 1. The molecule has 80 valence electrons. The van der Waals surface area contributed by atoms with E-state index in [1.807, 2.05) is 0 Å². The van der Waals surface area contributed by atoms with Gasteiger partial charge in [0.15, 0.2) is 9.84 Å². The van der Waals surface area contributed by atoms with E-state index in [1.54, 1.807) is 20.0 Å². The Balaban J connectivity index is 2.79. The molecule has 1 rings (SSSR count). The van der Waals surface area contributed by atoms with Crippen LogP contribution in [0.1, 0.15) is 23.7 Å². The summed E-state index contributed by atoms with van der Waals surface area (Å²) in [6.07, 6.45) is 1.63. The number of aromatic nitrogens is 1. The lowest BCUT2D eigenvalue weighted by Gasteiger charge is -2.04. The highest BCUT2D eigenvalue weighted by atomic mass is 32.2. The molecule has 0 unspecified atom stereocenters. The van der Waals surface area contributed by atoms with Crippen LogP contribution in [0.2, 0.25) is 0 Å². The molecule has 4 nitrogen and oxygen atoms in total. The molecule has 0 saturated carbocycles. The minimum absolute atomic E-state index is 0.0231. The standard InChI is InChI=1S/C8H14N2O2S2/c1-6(2)14(11,12)5-8-10-4-7(3-9)13-8/h4,6H,3,5,9H2,1-2H3. The maximum absolute atomic E-state index is 11.5. The van der Waals surface area contributed by atoms with Crippen molar-refractivity contribution in [1.29, 1.82) is 0 Å². The van der Waals surface area contributed by atoms with Crippen molar-refractivity contribution in [3.8, 4) is 0 Å². The fourth-order valence-corrected chi connectivity index (χ4v) is 2.93. The number of nitrogens with two attached hydrogens (primary N) is 1. The second-order valence-electron chi connectivity index (χ2n) is 3.28. The van der Waals surface area contributed by atoms with Gasteiger partial charge in [-0.3, -0.25) is 0 Å². The molecule has 0 fully saturated rings. The van der Waals surface area contributed by atoms with Crippen molar-refractivity contribution in [3.63, 3.8) is 0 Å². The van der Waals surface area contributed by atoms with Crippen LogP contribution < -0.4 is 5.73 Å². The van der Waals surface area contributed by atoms with Crippen LogP contribution in [0.3, 0.4) is 0 Å². The summed E-state index contributed by atoms with van der Waals surface area (Å²) in [4.78, 5) is 4.93. The molecule has 0 amide bonds. The van der Waals surface area contributed by atoms with Crippen LogP contribution in [-0.4, -0.2) is 18.7 Å². The highest BCUT2D eigenvalue weighted by Crippen LogP contribution is 2.17. The van der Waals surface area contributed by atoms with Crippen molar-refractivity contribution >= 4 is 21.2 Å². The van der Waals surface area contributed by atoms with E-state index < -0.39 is 9.84 Å². The molecule has 1 heterocycles. The van der Waals surface area contributed by atoms with Gasteiger partial charge in [0.2, 0.25) is 0 Å². The third-order valence-corrected chi connectivity index (χ3v) is 5.16. The Morgan fingerprint density at radius 2 is 2.21 bits per heavy atom. The molecule has 0 aliphatic heterocycles. The van der Waals surface area contributed by atoms with E-state index in [0.717, 1.165) is 4.88 Å². The van der Waals surface area contributed by atoms with Crippen molar-refractivity contribution in [2.24, 2.45) is 5.73 Å². The number of sulfone groups is 1. The molecule has 0 aromatic carbocycles. The Morgan fingerprint density at radius 1 is 1.57 bits per heavy atom. The Hall–Kier alpha value is -0.460. The number of thiazole rings is 1. The van der Waals surface area contributed by atoms with Crippen molar-refractivity contribution in [1.82, 2.24) is 4.98 Å². The van der Waals surface area contributed by atoms with Gasteiger partial charge in [0.1, 0.15) is 10.8 Å². The Labute approximate surface area is 88.1 Å². The minimum atomic E-state index is -3.04. The summed E-state index contributed by atoms with van der Waals surface area (Å²) >= 11 is 1.36. The van der Waals surface area contributed by atoms with Crippen molar-refractivity contribution < 1.29 is 8.42 Å². The third kappa shape index (κ3) is 2.76. The van der Waals surface area contributed by atoms with Gasteiger partial charge in [0, 0.05) is 17.6 Å². The molecule has 0 spiro atoms. The largest absolute Gasteiger partial charge is 0.326 e. The summed E-state index contributed by atoms with van der Waals surface area (Å²) in [5.74, 6) is 0.0231. The van der Waals surface area contributed by atoms with E-state index in [4.69, 9.17) is 5.73 Å². The van der Waals surface area contributed by atoms with Crippen LogP contribution >= 0.6 is 11.3 Å². The predicted octanol–water partition coefficient (Wildman–Crippen LogP) is 0.925. The zero-order valence-corrected chi connectivity index (χ0v) is 9.86. The lowest BCUT2D eigenvalue weighted by molar-refractivity contribution is 0.586. The first-order valence-electron chi connectivity index (χ1n) is 4.31. The lowest BCUT2D eigenvalue weighted by atomic mass is 10.6. The lowest BCUT2D eigenvalue weighted by Crippen LogP contribution is -2.15. The summed E-state index contributed by atoms with van der Waals surface area (Å²) in [7, 11) is -3.04. The molecule has 2 N–H and O–H groups in total. The van der Waals surface area contributed by atoms with E-state index in [0.29, 0.717) is 11.6 Å². The Kier molecular flexibility index (Phi) is 3.63. The highest BCUT2D eigenvalue weighted by molar-refractivity contribution is 7.91. The molecule has 1 aromatic rings. The maximum Gasteiger partial charge on any atom is 0.159 e. The SMILES string of the molecule is CC(C)S(=O)(=O)Cc1ncc(CN)s1. The van der Waals surface area contributed by atoms with Crippen LogP contribution in [0.15, 0.2) is 6.20 Å². The monoisotopic (exact) mass is 234 g/mol. The summed E-state index contributed by atoms with van der Waals surface area (Å²) in [6.45, 7) is 3.76. The smallest absolute Gasteiger partial charge is 0.159 e. The molecule has 0 atom stereocenters. The normalized spacial score (nSPS) is 12.3. The van der Waals surface area contributed by atoms with Gasteiger partial charge >= 0.3 is 0 Å². The van der Waals surface area contributed by atoms with Gasteiger partial charge in [-0.15, -0.1) is 11.3 Å². The van der Waals surface area contributed by atoms with E-state index in [-0.39, 0.29) is 11.0 Å². The summed E-state index contributed by atoms with van der Waals surface area (Å²) in [5, 5.41) is 0.270. The zero-order valence-electron chi connectivity index (χ0n) is 8.23. The van der Waals surface area contributed by atoms with E-state index >= 15 is 0 Å². The summed E-state index contributed by atoms with van der Waals surface area (Å²) in [5.41, 5.74) is 5.41. The molecule has 0 saturated heterocycles. The van der Waals surface area contributed by atoms with E-state index in [1.165, 1.54) is 11.3 Å². The van der Waals surface area contributed by atoms with Gasteiger partial charge < -0.3 is 5.73 Å². The van der Waals surface area contributed by atoms with Gasteiger partial charge in [0.25, 0.3) is 0 Å². The topological polar surface area (TPSA) is 73.0 Å². The highest BCUT2D eigenvalue weighted by Gasteiger charge is 2.18. The second kappa shape index (κ2) is 4.37. The average Bonchev–Trinajstić information content (AvgIpc) is 2.51. The fraction of sp³-hybridized carbons (Fsp3) is 0.625. The fourth-order valence-electron chi connectivity index (χ4n) is 0.848. The molecule has 0 aliphatic rings. The second-order valence-corrected chi connectivity index (χ2v) is 7.04. The Bertz CT molecular complexity index is 395. The molecule has 14 heavy (non-hydrogen) atoms. The first-order chi connectivity index (χ1) is 6.45. The molecule has 6 heteroatoms. The number of rotatable bonds is 4. The molecular weight excluding hydrogens is 220 g/mol. The van der Waals surface area contributed by atoms with Crippen LogP contribution in [0, 0.1) is 0 Å². The van der Waals surface area contributed by atoms with Crippen LogP contribution in [0.25, 0.3) is 0 Å². The quantitative estimate of drug-likeness (QED) is 0.841. The first kappa shape index (κ1) is 11.6. The van der Waals surface area contributed by atoms with Gasteiger partial charge in [-0.25, -0.2) is 13.4 Å². The molecule has 0 bridgehead atoms. The minimum Gasteiger partial charge on any atom is -0.326 e. The first-order valence-corrected chi connectivity index (χ1v) is 6.84. The number of hydrogen-bond donors (Lipinski definition) is 1. The summed E-state index contributed by atoms with van der Waals surface area (Å²) < 4.78 is 23.1. The molecule has 0 aliphatic carbocycles. The van der Waals surface area contributed by atoms with Gasteiger partial charge in [-0.05, 0) is 13.8 Å². The van der Waals surface area contributed by atoms with Crippen LogP contribution in [-0.2, 0) is 22.1 Å². The Morgan fingerprint density at radius 3 is 2.64 bits per heavy atom. The van der Waals surface area contributed by atoms with Crippen molar-refractivity contribution in [2.75, 3.05) is 0 Å². The third-order valence-electron chi connectivity index (χ3n) is 1.85. The van der Waals surface area contributed by atoms with E-state index in [9.17, 15) is 8.42 Å². The predicted molar refractivity (Wildman–Crippen MR) is 57.8 cm³/mol. The van der Waals surface area contributed by atoms with Crippen molar-refractivity contribution in [3.05, 3.63) is 16.1 Å². The summed E-state index contributed by atoms with van der Waals surface area (Å²) in [6, 6.07) is 0.